The van der Waals surface area contributed by atoms with Gasteiger partial charge in [0.05, 0.1) is 6.54 Å². The molecule has 4 rings (SSSR count). The van der Waals surface area contributed by atoms with Crippen LogP contribution in [-0.4, -0.2) is 83.3 Å². The molecule has 34 heavy (non-hydrogen) atoms. The molecule has 1 aromatic rings. The van der Waals surface area contributed by atoms with Crippen molar-refractivity contribution in [3.8, 4) is 0 Å². The third-order valence-electron chi connectivity index (χ3n) is 7.45. The topological polar surface area (TPSA) is 102 Å². The van der Waals surface area contributed by atoms with Crippen LogP contribution < -0.4 is 10.6 Å². The van der Waals surface area contributed by atoms with Crippen LogP contribution in [-0.2, 0) is 14.4 Å². The summed E-state index contributed by atoms with van der Waals surface area (Å²) in [7, 11) is 0. The first kappa shape index (κ1) is 24.2. The van der Waals surface area contributed by atoms with E-state index in [9.17, 15) is 19.2 Å². The summed E-state index contributed by atoms with van der Waals surface area (Å²) < 4.78 is 0. The number of benzene rings is 1. The second kappa shape index (κ2) is 10.1. The van der Waals surface area contributed by atoms with Crippen LogP contribution in [0.3, 0.4) is 0 Å². The Morgan fingerprint density at radius 2 is 1.76 bits per heavy atom. The Bertz CT molecular complexity index is 964. The van der Waals surface area contributed by atoms with Gasteiger partial charge in [0.1, 0.15) is 5.54 Å². The molecule has 1 aliphatic carbocycles. The lowest BCUT2D eigenvalue weighted by molar-refractivity contribution is -0.134. The number of imide groups is 1. The molecule has 9 nitrogen and oxygen atoms in total. The highest BCUT2D eigenvalue weighted by molar-refractivity contribution is 6.07. The summed E-state index contributed by atoms with van der Waals surface area (Å²) in [4.78, 5) is 55.2. The number of amides is 5. The number of hydrogen-bond donors (Lipinski definition) is 2. The maximum atomic E-state index is 12.7. The second-order valence-corrected chi connectivity index (χ2v) is 9.73. The highest BCUT2D eigenvalue weighted by Gasteiger charge is 2.52. The molecule has 0 radical (unpaired) electrons. The summed E-state index contributed by atoms with van der Waals surface area (Å²) in [6.07, 6.45) is 4.10. The van der Waals surface area contributed by atoms with E-state index in [1.165, 1.54) is 4.90 Å². The van der Waals surface area contributed by atoms with Crippen molar-refractivity contribution >= 4 is 29.4 Å². The standard InChI is InChI=1S/C25H35N5O4/c1-18-7-5-8-20(19(18)2)26-21(31)17-28-13-15-29(16-14-28)22(32)9-6-12-30-23(33)25(27-24(30)34)10-3-4-11-25/h5,7-8H,3-4,6,9-17H2,1-2H3,(H,26,31)(H,27,34). The highest BCUT2D eigenvalue weighted by atomic mass is 16.2. The normalized spacial score (nSPS) is 20.2. The summed E-state index contributed by atoms with van der Waals surface area (Å²) in [5.41, 5.74) is 2.35. The number of rotatable bonds is 7. The lowest BCUT2D eigenvalue weighted by Gasteiger charge is -2.34. The van der Waals surface area contributed by atoms with Crippen molar-refractivity contribution in [2.75, 3.05) is 44.6 Å². The fourth-order valence-corrected chi connectivity index (χ4v) is 5.18. The second-order valence-electron chi connectivity index (χ2n) is 9.73. The number of nitrogens with one attached hydrogen (secondary N) is 2. The first-order valence-electron chi connectivity index (χ1n) is 12.3. The predicted molar refractivity (Wildman–Crippen MR) is 128 cm³/mol. The number of nitrogens with zero attached hydrogens (tertiary/aromatic N) is 3. The Balaban J connectivity index is 1.17. The third kappa shape index (κ3) is 5.09. The minimum atomic E-state index is -0.693. The van der Waals surface area contributed by atoms with Gasteiger partial charge >= 0.3 is 6.03 Å². The van der Waals surface area contributed by atoms with Gasteiger partial charge < -0.3 is 15.5 Å². The number of carbonyl (C=O) groups is 4. The van der Waals surface area contributed by atoms with E-state index >= 15 is 0 Å². The molecule has 184 valence electrons. The molecule has 0 atom stereocenters. The summed E-state index contributed by atoms with van der Waals surface area (Å²) in [5, 5.41) is 5.86. The van der Waals surface area contributed by atoms with Gasteiger partial charge in [-0.2, -0.15) is 0 Å². The quantitative estimate of drug-likeness (QED) is 0.595. The van der Waals surface area contributed by atoms with Crippen LogP contribution in [0, 0.1) is 13.8 Å². The van der Waals surface area contributed by atoms with Crippen LogP contribution in [0.5, 0.6) is 0 Å². The van der Waals surface area contributed by atoms with Gasteiger partial charge in [0.25, 0.3) is 5.91 Å². The first-order valence-corrected chi connectivity index (χ1v) is 12.3. The van der Waals surface area contributed by atoms with Gasteiger partial charge in [-0.1, -0.05) is 25.0 Å². The van der Waals surface area contributed by atoms with Crippen molar-refractivity contribution in [2.24, 2.45) is 0 Å². The molecule has 2 N–H and O–H groups in total. The zero-order chi connectivity index (χ0) is 24.3. The van der Waals surface area contributed by atoms with E-state index in [2.05, 4.69) is 15.5 Å². The molecule has 0 bridgehead atoms. The molecule has 1 aromatic carbocycles. The minimum Gasteiger partial charge on any atom is -0.340 e. The highest BCUT2D eigenvalue weighted by Crippen LogP contribution is 2.35. The van der Waals surface area contributed by atoms with Crippen molar-refractivity contribution in [1.29, 1.82) is 0 Å². The average Bonchev–Trinajstić information content (AvgIpc) is 3.37. The molecule has 1 saturated carbocycles. The van der Waals surface area contributed by atoms with Crippen LogP contribution in [0.15, 0.2) is 18.2 Å². The maximum absolute atomic E-state index is 12.7. The Morgan fingerprint density at radius 3 is 2.47 bits per heavy atom. The van der Waals surface area contributed by atoms with Crippen LogP contribution >= 0.6 is 0 Å². The van der Waals surface area contributed by atoms with E-state index < -0.39 is 5.54 Å². The summed E-state index contributed by atoms with van der Waals surface area (Å²) in [5.74, 6) is -0.153. The van der Waals surface area contributed by atoms with Gasteiger partial charge in [-0.15, -0.1) is 0 Å². The fraction of sp³-hybridized carbons (Fsp3) is 0.600. The number of carbonyl (C=O) groups excluding carboxylic acids is 4. The molecule has 2 aliphatic heterocycles. The number of anilines is 1. The van der Waals surface area contributed by atoms with E-state index in [4.69, 9.17) is 0 Å². The van der Waals surface area contributed by atoms with Crippen molar-refractivity contribution in [1.82, 2.24) is 20.0 Å². The van der Waals surface area contributed by atoms with Crippen molar-refractivity contribution in [3.05, 3.63) is 29.3 Å². The Hall–Kier alpha value is -2.94. The SMILES string of the molecule is Cc1cccc(NC(=O)CN2CCN(C(=O)CCCN3C(=O)NC4(CCCC4)C3=O)CC2)c1C. The monoisotopic (exact) mass is 469 g/mol. The number of hydrogen-bond acceptors (Lipinski definition) is 5. The van der Waals surface area contributed by atoms with E-state index in [0.717, 1.165) is 29.7 Å². The number of piperazine rings is 1. The van der Waals surface area contributed by atoms with Crippen LogP contribution in [0.4, 0.5) is 10.5 Å². The predicted octanol–water partition coefficient (Wildman–Crippen LogP) is 2.03. The lowest BCUT2D eigenvalue weighted by atomic mass is 9.98. The van der Waals surface area contributed by atoms with Gasteiger partial charge in [-0.25, -0.2) is 4.79 Å². The summed E-state index contributed by atoms with van der Waals surface area (Å²) >= 11 is 0. The van der Waals surface area contributed by atoms with E-state index in [1.54, 1.807) is 0 Å². The molecule has 0 unspecified atom stereocenters. The van der Waals surface area contributed by atoms with Crippen molar-refractivity contribution in [3.63, 3.8) is 0 Å². The Morgan fingerprint density at radius 1 is 1.06 bits per heavy atom. The molecule has 3 fully saturated rings. The van der Waals surface area contributed by atoms with E-state index in [-0.39, 0.29) is 30.3 Å². The maximum Gasteiger partial charge on any atom is 0.325 e. The van der Waals surface area contributed by atoms with Gasteiger partial charge in [-0.3, -0.25) is 24.2 Å². The summed E-state index contributed by atoms with van der Waals surface area (Å²) in [6, 6.07) is 5.53. The molecule has 9 heteroatoms. The van der Waals surface area contributed by atoms with Gasteiger partial charge in [-0.05, 0) is 50.3 Å². The van der Waals surface area contributed by atoms with Crippen LogP contribution in [0.25, 0.3) is 0 Å². The lowest BCUT2D eigenvalue weighted by Crippen LogP contribution is -2.50. The van der Waals surface area contributed by atoms with Gasteiger partial charge in [0, 0.05) is 44.8 Å². The zero-order valence-electron chi connectivity index (χ0n) is 20.2. The first-order chi connectivity index (χ1) is 16.3. The Labute approximate surface area is 200 Å². The van der Waals surface area contributed by atoms with Gasteiger partial charge in [0.15, 0.2) is 0 Å². The summed E-state index contributed by atoms with van der Waals surface area (Å²) in [6.45, 7) is 7.01. The minimum absolute atomic E-state index is 0.0297. The molecule has 2 heterocycles. The largest absolute Gasteiger partial charge is 0.340 e. The van der Waals surface area contributed by atoms with Gasteiger partial charge in [0.2, 0.25) is 11.8 Å². The average molecular weight is 470 g/mol. The van der Waals surface area contributed by atoms with E-state index in [0.29, 0.717) is 58.4 Å². The third-order valence-corrected chi connectivity index (χ3v) is 7.45. The molecular weight excluding hydrogens is 434 g/mol. The molecular formula is C25H35N5O4. The fourth-order valence-electron chi connectivity index (χ4n) is 5.18. The van der Waals surface area contributed by atoms with E-state index in [1.807, 2.05) is 36.9 Å². The molecule has 3 aliphatic rings. The zero-order valence-corrected chi connectivity index (χ0v) is 20.2. The van der Waals surface area contributed by atoms with Crippen molar-refractivity contribution in [2.45, 2.75) is 57.9 Å². The number of urea groups is 1. The molecule has 2 saturated heterocycles. The molecule has 1 spiro atoms. The smallest absolute Gasteiger partial charge is 0.325 e. The Kier molecular flexibility index (Phi) is 7.21. The number of aryl methyl sites for hydroxylation is 1. The van der Waals surface area contributed by atoms with Crippen LogP contribution in [0.2, 0.25) is 0 Å². The van der Waals surface area contributed by atoms with Crippen molar-refractivity contribution < 1.29 is 19.2 Å². The van der Waals surface area contributed by atoms with Crippen LogP contribution in [0.1, 0.15) is 49.7 Å². The molecule has 5 amide bonds. The molecule has 0 aromatic heterocycles.